The lowest BCUT2D eigenvalue weighted by Gasteiger charge is -2.58. The van der Waals surface area contributed by atoms with Gasteiger partial charge in [0, 0.05) is 25.2 Å². The van der Waals surface area contributed by atoms with E-state index in [0.29, 0.717) is 17.1 Å². The van der Waals surface area contributed by atoms with Crippen molar-refractivity contribution in [2.24, 2.45) is 23.2 Å². The zero-order valence-electron chi connectivity index (χ0n) is 18.6. The normalized spacial score (nSPS) is 32.2. The standard InChI is InChI=1S/C23H35N3O3S/c1-15(22(27)25-20-6-5-7-21(11-20)30(28,29)26(3)4)24-16(2)23-12-17-8-18(13-23)10-19(9-17)14-23/h5-7,11,15-19,24H,8-10,12-14H2,1-4H3,(H,25,27)/p+1/t15-,16-,17?,18?,19?,23?/m1/s1. The molecule has 5 rings (SSSR count). The van der Waals surface area contributed by atoms with Crippen molar-refractivity contribution in [3.05, 3.63) is 24.3 Å². The average molecular weight is 435 g/mol. The van der Waals surface area contributed by atoms with Crippen LogP contribution in [0.1, 0.15) is 52.4 Å². The van der Waals surface area contributed by atoms with Crippen LogP contribution in [-0.4, -0.2) is 44.8 Å². The quantitative estimate of drug-likeness (QED) is 0.691. The molecule has 0 heterocycles. The van der Waals surface area contributed by atoms with Crippen molar-refractivity contribution >= 4 is 21.6 Å². The molecule has 0 spiro atoms. The van der Waals surface area contributed by atoms with Gasteiger partial charge in [0.15, 0.2) is 6.04 Å². The minimum Gasteiger partial charge on any atom is -0.334 e. The number of rotatable bonds is 7. The molecule has 7 heteroatoms. The van der Waals surface area contributed by atoms with Gasteiger partial charge in [-0.2, -0.15) is 0 Å². The zero-order chi connectivity index (χ0) is 21.7. The predicted octanol–water partition coefficient (Wildman–Crippen LogP) is 2.43. The second kappa shape index (κ2) is 7.92. The first kappa shape index (κ1) is 21.8. The number of nitrogens with one attached hydrogen (secondary N) is 1. The van der Waals surface area contributed by atoms with Gasteiger partial charge in [0.05, 0.1) is 10.9 Å². The third kappa shape index (κ3) is 4.04. The lowest BCUT2D eigenvalue weighted by Crippen LogP contribution is -2.98. The summed E-state index contributed by atoms with van der Waals surface area (Å²) < 4.78 is 25.9. The molecule has 1 amide bonds. The molecule has 4 aliphatic rings. The van der Waals surface area contributed by atoms with Gasteiger partial charge in [-0.15, -0.1) is 0 Å². The van der Waals surface area contributed by atoms with Gasteiger partial charge in [0.1, 0.15) is 0 Å². The third-order valence-electron chi connectivity index (χ3n) is 7.92. The van der Waals surface area contributed by atoms with Gasteiger partial charge in [-0.3, -0.25) is 4.79 Å². The Morgan fingerprint density at radius 2 is 1.67 bits per heavy atom. The SMILES string of the molecule is C[C@@H]([NH2+][C@H](C)C12CC3CC(CC(C3)C1)C2)C(=O)Nc1cccc(S(=O)(=O)N(C)C)c1. The number of hydrogen-bond acceptors (Lipinski definition) is 3. The van der Waals surface area contributed by atoms with E-state index >= 15 is 0 Å². The average Bonchev–Trinajstić information content (AvgIpc) is 2.66. The minimum absolute atomic E-state index is 0.0778. The largest absolute Gasteiger partial charge is 0.334 e. The summed E-state index contributed by atoms with van der Waals surface area (Å²) in [6.45, 7) is 4.26. The molecule has 2 atom stereocenters. The van der Waals surface area contributed by atoms with Crippen molar-refractivity contribution in [1.29, 1.82) is 0 Å². The number of hydrogen-bond donors (Lipinski definition) is 2. The Morgan fingerprint density at radius 3 is 2.20 bits per heavy atom. The molecule has 3 N–H and O–H groups in total. The van der Waals surface area contributed by atoms with Crippen LogP contribution in [-0.2, 0) is 14.8 Å². The number of nitrogens with zero attached hydrogens (tertiary/aromatic N) is 1. The highest BCUT2D eigenvalue weighted by molar-refractivity contribution is 7.89. The van der Waals surface area contributed by atoms with Gasteiger partial charge in [-0.05, 0) is 88.3 Å². The summed E-state index contributed by atoms with van der Waals surface area (Å²) >= 11 is 0. The highest BCUT2D eigenvalue weighted by Crippen LogP contribution is 2.60. The van der Waals surface area contributed by atoms with Gasteiger partial charge >= 0.3 is 0 Å². The molecule has 4 aliphatic carbocycles. The van der Waals surface area contributed by atoms with Crippen molar-refractivity contribution in [1.82, 2.24) is 4.31 Å². The summed E-state index contributed by atoms with van der Waals surface area (Å²) in [5.74, 6) is 2.62. The van der Waals surface area contributed by atoms with Crippen LogP contribution in [0, 0.1) is 23.2 Å². The molecule has 1 aromatic carbocycles. The summed E-state index contributed by atoms with van der Waals surface area (Å²) in [5, 5.41) is 5.16. The van der Waals surface area contributed by atoms with Crippen LogP contribution in [0.4, 0.5) is 5.69 Å². The number of nitrogens with two attached hydrogens (primary N) is 1. The molecule has 30 heavy (non-hydrogen) atoms. The summed E-state index contributed by atoms with van der Waals surface area (Å²) in [5.41, 5.74) is 0.911. The molecule has 0 radical (unpaired) electrons. The van der Waals surface area contributed by atoms with Crippen molar-refractivity contribution in [2.45, 2.75) is 69.4 Å². The van der Waals surface area contributed by atoms with Gasteiger partial charge in [0.2, 0.25) is 10.0 Å². The van der Waals surface area contributed by atoms with Crippen LogP contribution >= 0.6 is 0 Å². The first-order valence-corrected chi connectivity index (χ1v) is 12.7. The monoisotopic (exact) mass is 434 g/mol. The Balaban J connectivity index is 1.40. The lowest BCUT2D eigenvalue weighted by atomic mass is 9.48. The molecule has 6 nitrogen and oxygen atoms in total. The Labute approximate surface area is 180 Å². The molecule has 1 aromatic rings. The summed E-state index contributed by atoms with van der Waals surface area (Å²) in [6, 6.07) is 6.69. The molecule has 0 aliphatic heterocycles. The minimum atomic E-state index is -3.53. The molecular weight excluding hydrogens is 398 g/mol. The molecule has 0 aromatic heterocycles. The second-order valence-corrected chi connectivity index (χ2v) is 12.5. The number of anilines is 1. The second-order valence-electron chi connectivity index (χ2n) is 10.4. The first-order chi connectivity index (χ1) is 14.1. The number of amides is 1. The van der Waals surface area contributed by atoms with E-state index in [0.717, 1.165) is 17.8 Å². The number of benzene rings is 1. The molecule has 4 saturated carbocycles. The lowest BCUT2D eigenvalue weighted by molar-refractivity contribution is -0.718. The molecule has 0 saturated heterocycles. The number of quaternary nitrogens is 1. The van der Waals surface area contributed by atoms with E-state index in [1.54, 1.807) is 18.2 Å². The van der Waals surface area contributed by atoms with Crippen LogP contribution in [0.15, 0.2) is 29.2 Å². The van der Waals surface area contributed by atoms with Gasteiger partial charge in [-0.25, -0.2) is 12.7 Å². The molecule has 0 unspecified atom stereocenters. The van der Waals surface area contributed by atoms with Crippen molar-refractivity contribution in [2.75, 3.05) is 19.4 Å². The van der Waals surface area contributed by atoms with Gasteiger partial charge in [0.25, 0.3) is 5.91 Å². The Kier molecular flexibility index (Phi) is 5.75. The number of carbonyl (C=O) groups is 1. The summed E-state index contributed by atoms with van der Waals surface area (Å²) in [7, 11) is -0.519. The van der Waals surface area contributed by atoms with Crippen LogP contribution in [0.2, 0.25) is 0 Å². The fraction of sp³-hybridized carbons (Fsp3) is 0.696. The maximum absolute atomic E-state index is 12.9. The maximum atomic E-state index is 12.9. The Hall–Kier alpha value is -1.44. The smallest absolute Gasteiger partial charge is 0.282 e. The number of sulfonamides is 1. The molecule has 4 bridgehead atoms. The number of carbonyl (C=O) groups excluding carboxylic acids is 1. The van der Waals surface area contributed by atoms with Crippen molar-refractivity contribution < 1.29 is 18.5 Å². The van der Waals surface area contributed by atoms with Crippen molar-refractivity contribution in [3.8, 4) is 0 Å². The van der Waals surface area contributed by atoms with Crippen LogP contribution in [0.3, 0.4) is 0 Å². The third-order valence-corrected chi connectivity index (χ3v) is 9.73. The maximum Gasteiger partial charge on any atom is 0.282 e. The highest BCUT2D eigenvalue weighted by atomic mass is 32.2. The van der Waals surface area contributed by atoms with Gasteiger partial charge in [-0.1, -0.05) is 6.07 Å². The van der Waals surface area contributed by atoms with E-state index in [9.17, 15) is 13.2 Å². The fourth-order valence-corrected chi connectivity index (χ4v) is 7.61. The Bertz CT molecular complexity index is 877. The van der Waals surface area contributed by atoms with E-state index in [4.69, 9.17) is 0 Å². The summed E-state index contributed by atoms with van der Waals surface area (Å²) in [4.78, 5) is 13.1. The van der Waals surface area contributed by atoms with E-state index < -0.39 is 10.0 Å². The van der Waals surface area contributed by atoms with Crippen LogP contribution in [0.5, 0.6) is 0 Å². The highest BCUT2D eigenvalue weighted by Gasteiger charge is 2.54. The van der Waals surface area contributed by atoms with Crippen LogP contribution in [0.25, 0.3) is 0 Å². The molecule has 4 fully saturated rings. The van der Waals surface area contributed by atoms with Crippen molar-refractivity contribution in [3.63, 3.8) is 0 Å². The van der Waals surface area contributed by atoms with E-state index in [-0.39, 0.29) is 16.8 Å². The van der Waals surface area contributed by atoms with E-state index in [1.165, 1.54) is 63.0 Å². The topological polar surface area (TPSA) is 83.1 Å². The fourth-order valence-electron chi connectivity index (χ4n) is 6.66. The van der Waals surface area contributed by atoms with E-state index in [1.807, 2.05) is 6.92 Å². The zero-order valence-corrected chi connectivity index (χ0v) is 19.4. The Morgan fingerprint density at radius 1 is 1.10 bits per heavy atom. The predicted molar refractivity (Wildman–Crippen MR) is 117 cm³/mol. The molecular formula is C23H36N3O3S+. The summed E-state index contributed by atoms with van der Waals surface area (Å²) in [6.07, 6.45) is 8.26. The van der Waals surface area contributed by atoms with Crippen LogP contribution < -0.4 is 10.6 Å². The molecule has 166 valence electrons. The van der Waals surface area contributed by atoms with Gasteiger partial charge < -0.3 is 10.6 Å². The van der Waals surface area contributed by atoms with E-state index in [2.05, 4.69) is 17.6 Å². The first-order valence-electron chi connectivity index (χ1n) is 11.3.